The van der Waals surface area contributed by atoms with Gasteiger partial charge in [0.1, 0.15) is 17.8 Å². The van der Waals surface area contributed by atoms with E-state index in [0.717, 1.165) is 0 Å². The normalized spacial score (nSPS) is 9.95. The Labute approximate surface area is 116 Å². The minimum atomic E-state index is 0.259. The van der Waals surface area contributed by atoms with Gasteiger partial charge >= 0.3 is 0 Å². The van der Waals surface area contributed by atoms with Crippen LogP contribution in [0.1, 0.15) is 0 Å². The van der Waals surface area contributed by atoms with Crippen molar-refractivity contribution in [2.24, 2.45) is 0 Å². The molecule has 0 bridgehead atoms. The van der Waals surface area contributed by atoms with Crippen molar-refractivity contribution in [3.63, 3.8) is 0 Å². The number of benzene rings is 1. The molecule has 0 aliphatic heterocycles. The van der Waals surface area contributed by atoms with Crippen molar-refractivity contribution < 1.29 is 18.9 Å². The molecule has 0 atom stereocenters. The van der Waals surface area contributed by atoms with Crippen molar-refractivity contribution >= 4 is 5.69 Å². The number of anilines is 1. The van der Waals surface area contributed by atoms with E-state index in [1.54, 1.807) is 12.1 Å². The van der Waals surface area contributed by atoms with E-state index in [-0.39, 0.29) is 5.88 Å². The number of methoxy groups -OCH3 is 3. The Balaban J connectivity index is 2.40. The number of rotatable bonds is 5. The van der Waals surface area contributed by atoms with Gasteiger partial charge in [0.15, 0.2) is 11.5 Å². The fourth-order valence-electron chi connectivity index (χ4n) is 1.64. The van der Waals surface area contributed by atoms with E-state index in [0.29, 0.717) is 28.7 Å². The Bertz CT molecular complexity index is 579. The van der Waals surface area contributed by atoms with E-state index in [4.69, 9.17) is 24.7 Å². The molecule has 1 heterocycles. The minimum Gasteiger partial charge on any atom is -0.493 e. The zero-order valence-corrected chi connectivity index (χ0v) is 11.4. The van der Waals surface area contributed by atoms with Crippen LogP contribution >= 0.6 is 0 Å². The molecule has 20 heavy (non-hydrogen) atoms. The number of nitrogens with zero attached hydrogens (tertiary/aromatic N) is 2. The predicted molar refractivity (Wildman–Crippen MR) is 72.6 cm³/mol. The predicted octanol–water partition coefficient (Wildman–Crippen LogP) is 1.88. The summed E-state index contributed by atoms with van der Waals surface area (Å²) in [6.45, 7) is 0. The highest BCUT2D eigenvalue weighted by atomic mass is 16.5. The number of ether oxygens (including phenoxy) is 4. The molecule has 2 rings (SSSR count). The van der Waals surface area contributed by atoms with E-state index in [2.05, 4.69) is 9.97 Å². The lowest BCUT2D eigenvalue weighted by molar-refractivity contribution is 0.320. The van der Waals surface area contributed by atoms with Crippen LogP contribution < -0.4 is 24.7 Å². The van der Waals surface area contributed by atoms with Crippen molar-refractivity contribution in [2.45, 2.75) is 0 Å². The highest BCUT2D eigenvalue weighted by Crippen LogP contribution is 2.42. The number of hydrogen-bond acceptors (Lipinski definition) is 7. The average Bonchev–Trinajstić information content (AvgIpc) is 2.48. The van der Waals surface area contributed by atoms with E-state index in [1.165, 1.54) is 33.9 Å². The standard InChI is InChI=1S/C13H15N3O4/c1-17-10-4-8(5-11(18-2)12(10)19-3)20-13-9(14)6-15-7-16-13/h4-7H,14H2,1-3H3. The smallest absolute Gasteiger partial charge is 0.245 e. The molecule has 0 aliphatic rings. The van der Waals surface area contributed by atoms with Crippen molar-refractivity contribution in [1.82, 2.24) is 9.97 Å². The summed E-state index contributed by atoms with van der Waals surface area (Å²) in [5.74, 6) is 2.17. The molecular weight excluding hydrogens is 262 g/mol. The van der Waals surface area contributed by atoms with Gasteiger partial charge in [-0.1, -0.05) is 0 Å². The van der Waals surface area contributed by atoms with Gasteiger partial charge < -0.3 is 24.7 Å². The Hall–Kier alpha value is -2.70. The second-order valence-electron chi connectivity index (χ2n) is 3.75. The molecule has 0 aliphatic carbocycles. The van der Waals surface area contributed by atoms with Gasteiger partial charge in [-0.2, -0.15) is 4.98 Å². The van der Waals surface area contributed by atoms with Crippen molar-refractivity contribution in [1.29, 1.82) is 0 Å². The first kappa shape index (κ1) is 13.7. The molecule has 106 valence electrons. The molecule has 0 amide bonds. The third-order valence-electron chi connectivity index (χ3n) is 2.55. The topological polar surface area (TPSA) is 88.7 Å². The van der Waals surface area contributed by atoms with E-state index in [9.17, 15) is 0 Å². The van der Waals surface area contributed by atoms with Crippen LogP contribution in [0.4, 0.5) is 5.69 Å². The largest absolute Gasteiger partial charge is 0.493 e. The van der Waals surface area contributed by atoms with Crippen LogP contribution in [0, 0.1) is 0 Å². The zero-order valence-electron chi connectivity index (χ0n) is 11.4. The van der Waals surface area contributed by atoms with E-state index < -0.39 is 0 Å². The quantitative estimate of drug-likeness (QED) is 0.892. The first-order chi connectivity index (χ1) is 9.69. The SMILES string of the molecule is COc1cc(Oc2ncncc2N)cc(OC)c1OC. The number of nitrogen functional groups attached to an aromatic ring is 1. The summed E-state index contributed by atoms with van der Waals surface area (Å²) in [5, 5.41) is 0. The van der Waals surface area contributed by atoms with E-state index >= 15 is 0 Å². The summed E-state index contributed by atoms with van der Waals surface area (Å²) < 4.78 is 21.3. The molecule has 0 unspecified atom stereocenters. The Morgan fingerprint density at radius 3 is 2.15 bits per heavy atom. The van der Waals surface area contributed by atoms with Gasteiger partial charge in [-0.05, 0) is 0 Å². The van der Waals surface area contributed by atoms with Gasteiger partial charge in [0.2, 0.25) is 11.6 Å². The summed E-state index contributed by atoms with van der Waals surface area (Å²) >= 11 is 0. The summed E-state index contributed by atoms with van der Waals surface area (Å²) in [6, 6.07) is 3.31. The van der Waals surface area contributed by atoms with Crippen LogP contribution in [0.15, 0.2) is 24.7 Å². The highest BCUT2D eigenvalue weighted by Gasteiger charge is 2.15. The van der Waals surface area contributed by atoms with Gasteiger partial charge in [0.05, 0.1) is 27.5 Å². The van der Waals surface area contributed by atoms with Gasteiger partial charge in [-0.15, -0.1) is 0 Å². The van der Waals surface area contributed by atoms with Crippen molar-refractivity contribution in [3.05, 3.63) is 24.7 Å². The van der Waals surface area contributed by atoms with Crippen LogP contribution in [0.25, 0.3) is 0 Å². The van der Waals surface area contributed by atoms with Crippen LogP contribution in [-0.2, 0) is 0 Å². The van der Waals surface area contributed by atoms with Gasteiger partial charge in [-0.3, -0.25) is 0 Å². The van der Waals surface area contributed by atoms with Crippen molar-refractivity contribution in [3.8, 4) is 28.9 Å². The molecule has 0 spiro atoms. The number of nitrogens with two attached hydrogens (primary N) is 1. The molecule has 0 saturated carbocycles. The molecule has 0 radical (unpaired) electrons. The lowest BCUT2D eigenvalue weighted by Crippen LogP contribution is -1.98. The van der Waals surface area contributed by atoms with Crippen LogP contribution in [-0.4, -0.2) is 31.3 Å². The third kappa shape index (κ3) is 2.66. The second-order valence-corrected chi connectivity index (χ2v) is 3.75. The first-order valence-electron chi connectivity index (χ1n) is 5.73. The van der Waals surface area contributed by atoms with Crippen LogP contribution in [0.2, 0.25) is 0 Å². The molecule has 1 aromatic carbocycles. The van der Waals surface area contributed by atoms with Gasteiger partial charge in [0, 0.05) is 12.1 Å². The fourth-order valence-corrected chi connectivity index (χ4v) is 1.64. The second kappa shape index (κ2) is 5.96. The molecule has 7 heteroatoms. The third-order valence-corrected chi connectivity index (χ3v) is 2.55. The van der Waals surface area contributed by atoms with Crippen LogP contribution in [0.3, 0.4) is 0 Å². The lowest BCUT2D eigenvalue weighted by Gasteiger charge is -2.14. The van der Waals surface area contributed by atoms with Gasteiger partial charge in [0.25, 0.3) is 0 Å². The Morgan fingerprint density at radius 2 is 1.65 bits per heavy atom. The molecule has 0 saturated heterocycles. The zero-order chi connectivity index (χ0) is 14.5. The summed E-state index contributed by atoms with van der Waals surface area (Å²) in [6.07, 6.45) is 2.81. The summed E-state index contributed by atoms with van der Waals surface area (Å²) in [5.41, 5.74) is 6.06. The first-order valence-corrected chi connectivity index (χ1v) is 5.73. The minimum absolute atomic E-state index is 0.259. The Morgan fingerprint density at radius 1 is 1.00 bits per heavy atom. The molecule has 2 N–H and O–H groups in total. The summed E-state index contributed by atoms with van der Waals surface area (Å²) in [7, 11) is 4.59. The maximum Gasteiger partial charge on any atom is 0.245 e. The number of hydrogen-bond donors (Lipinski definition) is 1. The fraction of sp³-hybridized carbons (Fsp3) is 0.231. The lowest BCUT2D eigenvalue weighted by atomic mass is 10.2. The molecule has 1 aromatic heterocycles. The maximum absolute atomic E-state index is 5.73. The highest BCUT2D eigenvalue weighted by molar-refractivity contribution is 5.57. The maximum atomic E-state index is 5.73. The summed E-state index contributed by atoms with van der Waals surface area (Å²) in [4.78, 5) is 7.75. The monoisotopic (exact) mass is 277 g/mol. The molecule has 7 nitrogen and oxygen atoms in total. The molecular formula is C13H15N3O4. The molecule has 2 aromatic rings. The Kier molecular flexibility index (Phi) is 4.09. The van der Waals surface area contributed by atoms with Crippen molar-refractivity contribution in [2.75, 3.05) is 27.1 Å². The average molecular weight is 277 g/mol. The van der Waals surface area contributed by atoms with Gasteiger partial charge in [-0.25, -0.2) is 4.98 Å². The van der Waals surface area contributed by atoms with E-state index in [1.807, 2.05) is 0 Å². The van der Waals surface area contributed by atoms with Crippen LogP contribution in [0.5, 0.6) is 28.9 Å². The molecule has 0 fully saturated rings. The number of aromatic nitrogens is 2.